The molecule has 150 valence electrons. The molecule has 0 aliphatic carbocycles. The molecular formula is C22H15ClN2O5. The fourth-order valence-corrected chi connectivity index (χ4v) is 3.81. The second kappa shape index (κ2) is 6.96. The Bertz CT molecular complexity index is 1370. The Hall–Kier alpha value is -3.71. The largest absolute Gasteiger partial charge is 0.478 e. The molecule has 0 atom stereocenters. The zero-order valence-electron chi connectivity index (χ0n) is 15.5. The molecule has 1 aromatic heterocycles. The number of aromatic nitrogens is 2. The lowest BCUT2D eigenvalue weighted by Gasteiger charge is -2.05. The van der Waals surface area contributed by atoms with Crippen molar-refractivity contribution in [2.45, 2.75) is 6.54 Å². The highest BCUT2D eigenvalue weighted by molar-refractivity contribution is 6.31. The van der Waals surface area contributed by atoms with Gasteiger partial charge >= 0.3 is 11.7 Å². The molecule has 0 saturated carbocycles. The van der Waals surface area contributed by atoms with Crippen LogP contribution in [0.4, 0.5) is 0 Å². The Balaban J connectivity index is 1.69. The Morgan fingerprint density at radius 1 is 1.00 bits per heavy atom. The van der Waals surface area contributed by atoms with Gasteiger partial charge in [-0.05, 0) is 48.0 Å². The van der Waals surface area contributed by atoms with Gasteiger partial charge in [-0.3, -0.25) is 9.13 Å². The van der Waals surface area contributed by atoms with Crippen LogP contribution in [0.5, 0.6) is 11.5 Å². The van der Waals surface area contributed by atoms with E-state index in [9.17, 15) is 14.7 Å². The van der Waals surface area contributed by atoms with Crippen LogP contribution in [0.15, 0.2) is 65.5 Å². The predicted octanol–water partition coefficient (Wildman–Crippen LogP) is 3.92. The van der Waals surface area contributed by atoms with Crippen LogP contribution < -0.4 is 15.2 Å². The first-order valence-corrected chi connectivity index (χ1v) is 9.52. The molecule has 2 heterocycles. The lowest BCUT2D eigenvalue weighted by molar-refractivity contribution is 0.0696. The van der Waals surface area contributed by atoms with Crippen molar-refractivity contribution in [1.29, 1.82) is 0 Å². The average molecular weight is 423 g/mol. The molecule has 7 nitrogen and oxygen atoms in total. The number of carboxylic acid groups (broad SMARTS) is 1. The van der Waals surface area contributed by atoms with Gasteiger partial charge in [-0.2, -0.15) is 0 Å². The van der Waals surface area contributed by atoms with Gasteiger partial charge in [-0.15, -0.1) is 0 Å². The van der Waals surface area contributed by atoms with Gasteiger partial charge in [0, 0.05) is 11.1 Å². The average Bonchev–Trinajstić information content (AvgIpc) is 3.30. The maximum absolute atomic E-state index is 13.4. The van der Waals surface area contributed by atoms with Crippen LogP contribution in [0.1, 0.15) is 15.9 Å². The molecule has 0 bridgehead atoms. The van der Waals surface area contributed by atoms with Gasteiger partial charge < -0.3 is 14.6 Å². The van der Waals surface area contributed by atoms with E-state index < -0.39 is 5.97 Å². The van der Waals surface area contributed by atoms with Crippen LogP contribution in [-0.4, -0.2) is 27.0 Å². The molecule has 0 fully saturated rings. The van der Waals surface area contributed by atoms with Gasteiger partial charge in [-0.25, -0.2) is 9.59 Å². The molecule has 30 heavy (non-hydrogen) atoms. The van der Waals surface area contributed by atoms with Gasteiger partial charge in [0.25, 0.3) is 0 Å². The van der Waals surface area contributed by atoms with Gasteiger partial charge in [-0.1, -0.05) is 23.7 Å². The van der Waals surface area contributed by atoms with Crippen LogP contribution in [0.3, 0.4) is 0 Å². The minimum absolute atomic E-state index is 0.140. The van der Waals surface area contributed by atoms with E-state index in [-0.39, 0.29) is 24.6 Å². The topological polar surface area (TPSA) is 82.7 Å². The normalized spacial score (nSPS) is 12.4. The molecule has 3 aromatic carbocycles. The summed E-state index contributed by atoms with van der Waals surface area (Å²) in [7, 11) is 0. The van der Waals surface area contributed by atoms with Crippen molar-refractivity contribution >= 4 is 28.6 Å². The first-order chi connectivity index (χ1) is 14.5. The Morgan fingerprint density at radius 2 is 1.83 bits per heavy atom. The second-order valence-corrected chi connectivity index (χ2v) is 7.32. The number of hydrogen-bond acceptors (Lipinski definition) is 4. The maximum atomic E-state index is 13.4. The number of carbonyl (C=O) groups is 1. The highest BCUT2D eigenvalue weighted by atomic mass is 35.5. The monoisotopic (exact) mass is 422 g/mol. The third kappa shape index (κ3) is 3.00. The van der Waals surface area contributed by atoms with E-state index in [0.29, 0.717) is 38.8 Å². The first-order valence-electron chi connectivity index (χ1n) is 9.14. The lowest BCUT2D eigenvalue weighted by atomic mass is 10.1. The summed E-state index contributed by atoms with van der Waals surface area (Å²) in [6.45, 7) is 0.358. The van der Waals surface area contributed by atoms with Crippen molar-refractivity contribution in [3.8, 4) is 17.2 Å². The number of benzene rings is 3. The van der Waals surface area contributed by atoms with E-state index in [2.05, 4.69) is 0 Å². The van der Waals surface area contributed by atoms with E-state index in [0.717, 1.165) is 0 Å². The van der Waals surface area contributed by atoms with Crippen molar-refractivity contribution < 1.29 is 19.4 Å². The summed E-state index contributed by atoms with van der Waals surface area (Å²) in [5.74, 6) is 0.175. The number of nitrogens with zero attached hydrogens (tertiary/aromatic N) is 2. The number of ether oxygens (including phenoxy) is 2. The van der Waals surface area contributed by atoms with E-state index >= 15 is 0 Å². The molecule has 1 aliphatic heterocycles. The van der Waals surface area contributed by atoms with Crippen LogP contribution in [0, 0.1) is 0 Å². The molecule has 1 aliphatic rings. The van der Waals surface area contributed by atoms with Gasteiger partial charge in [0.15, 0.2) is 11.5 Å². The van der Waals surface area contributed by atoms with E-state index in [1.54, 1.807) is 63.7 Å². The van der Waals surface area contributed by atoms with Crippen molar-refractivity contribution in [3.63, 3.8) is 0 Å². The maximum Gasteiger partial charge on any atom is 0.335 e. The number of halogens is 1. The smallest absolute Gasteiger partial charge is 0.335 e. The zero-order valence-corrected chi connectivity index (χ0v) is 16.3. The molecule has 8 heteroatoms. The Labute approximate surface area is 175 Å². The van der Waals surface area contributed by atoms with Gasteiger partial charge in [0.2, 0.25) is 6.79 Å². The fourth-order valence-electron chi connectivity index (χ4n) is 3.64. The standard InChI is InChI=1S/C22H15ClN2O5/c23-15-4-6-17-18(9-15)25(16-5-7-19-20(10-16)30-12-29-19)22(28)24(17)11-13-2-1-3-14(8-13)21(26)27/h1-10H,11-12H2,(H,26,27). The molecule has 0 saturated heterocycles. The first kappa shape index (κ1) is 18.3. The van der Waals surface area contributed by atoms with Crippen LogP contribution in [-0.2, 0) is 6.54 Å². The van der Waals surface area contributed by atoms with Crippen molar-refractivity contribution in [3.05, 3.63) is 87.3 Å². The highest BCUT2D eigenvalue weighted by Crippen LogP contribution is 2.34. The van der Waals surface area contributed by atoms with E-state index in [4.69, 9.17) is 21.1 Å². The fraction of sp³-hybridized carbons (Fsp3) is 0.0909. The second-order valence-electron chi connectivity index (χ2n) is 6.88. The summed E-state index contributed by atoms with van der Waals surface area (Å²) in [4.78, 5) is 24.7. The summed E-state index contributed by atoms with van der Waals surface area (Å²) in [6, 6.07) is 17.1. The number of aromatic carboxylic acids is 1. The van der Waals surface area contributed by atoms with Crippen molar-refractivity contribution in [2.75, 3.05) is 6.79 Å². The minimum atomic E-state index is -1.02. The summed E-state index contributed by atoms with van der Waals surface area (Å²) in [6.07, 6.45) is 0. The molecule has 4 aromatic rings. The van der Waals surface area contributed by atoms with E-state index in [1.807, 2.05) is 0 Å². The third-order valence-electron chi connectivity index (χ3n) is 5.02. The summed E-state index contributed by atoms with van der Waals surface area (Å²) in [5.41, 5.74) is 2.55. The third-order valence-corrected chi connectivity index (χ3v) is 5.26. The Morgan fingerprint density at radius 3 is 2.67 bits per heavy atom. The van der Waals surface area contributed by atoms with Crippen molar-refractivity contribution in [2.24, 2.45) is 0 Å². The molecular weight excluding hydrogens is 408 g/mol. The highest BCUT2D eigenvalue weighted by Gasteiger charge is 2.19. The van der Waals surface area contributed by atoms with Gasteiger partial charge in [0.05, 0.1) is 28.8 Å². The summed E-state index contributed by atoms with van der Waals surface area (Å²) >= 11 is 6.21. The van der Waals surface area contributed by atoms with Crippen molar-refractivity contribution in [1.82, 2.24) is 9.13 Å². The van der Waals surface area contributed by atoms with E-state index in [1.165, 1.54) is 6.07 Å². The predicted molar refractivity (Wildman–Crippen MR) is 111 cm³/mol. The number of rotatable bonds is 4. The number of fused-ring (bicyclic) bond motifs is 2. The molecule has 0 radical (unpaired) electrons. The van der Waals surface area contributed by atoms with Crippen LogP contribution in [0.25, 0.3) is 16.7 Å². The van der Waals surface area contributed by atoms with Gasteiger partial charge in [0.1, 0.15) is 0 Å². The zero-order chi connectivity index (χ0) is 20.8. The Kier molecular flexibility index (Phi) is 4.25. The number of hydrogen-bond donors (Lipinski definition) is 1. The summed E-state index contributed by atoms with van der Waals surface area (Å²) < 4.78 is 14.0. The number of carboxylic acids is 1. The number of imidazole rings is 1. The van der Waals surface area contributed by atoms with Crippen LogP contribution in [0.2, 0.25) is 5.02 Å². The summed E-state index contributed by atoms with van der Waals surface area (Å²) in [5, 5.41) is 9.75. The quantitative estimate of drug-likeness (QED) is 0.539. The molecule has 5 rings (SSSR count). The molecule has 1 N–H and O–H groups in total. The lowest BCUT2D eigenvalue weighted by Crippen LogP contribution is -2.23. The SMILES string of the molecule is O=C(O)c1cccc(Cn2c(=O)n(-c3ccc4c(c3)OCO4)c3cc(Cl)ccc32)c1. The molecule has 0 unspecified atom stereocenters. The molecule has 0 amide bonds. The van der Waals surface area contributed by atoms with Crippen LogP contribution >= 0.6 is 11.6 Å². The minimum Gasteiger partial charge on any atom is -0.478 e. The molecule has 0 spiro atoms.